The monoisotopic (exact) mass is 402 g/mol. The van der Waals surface area contributed by atoms with Crippen LogP contribution in [0.1, 0.15) is 5.56 Å². The van der Waals surface area contributed by atoms with Gasteiger partial charge in [-0.1, -0.05) is 48.0 Å². The van der Waals surface area contributed by atoms with E-state index in [1.54, 1.807) is 18.2 Å². The third-order valence-electron chi connectivity index (χ3n) is 4.36. The molecule has 0 saturated carbocycles. The molecule has 29 heavy (non-hydrogen) atoms. The molecule has 1 heterocycles. The number of benzene rings is 3. The number of anilines is 1. The molecule has 3 aromatic carbocycles. The Hall–Kier alpha value is -3.77. The van der Waals surface area contributed by atoms with Crippen LogP contribution in [0, 0.1) is 10.1 Å². The fraction of sp³-hybridized carbons (Fsp3) is 0. The van der Waals surface area contributed by atoms with E-state index in [1.807, 2.05) is 48.5 Å². The fourth-order valence-electron chi connectivity index (χ4n) is 3.01. The molecule has 4 rings (SSSR count). The average Bonchev–Trinajstić information content (AvgIpc) is 2.73. The summed E-state index contributed by atoms with van der Waals surface area (Å²) >= 11 is 6.25. The first kappa shape index (κ1) is 18.6. The van der Waals surface area contributed by atoms with E-state index in [0.29, 0.717) is 5.03 Å². The number of halogens is 1. The number of aromatic nitrogens is 1. The number of nitro groups is 1. The first-order valence-electron chi connectivity index (χ1n) is 8.80. The smallest absolute Gasteiger partial charge is 0.269 e. The number of hydrogen-bond donors (Lipinski definition) is 1. The summed E-state index contributed by atoms with van der Waals surface area (Å²) in [4.78, 5) is 15.0. The minimum absolute atomic E-state index is 0.0325. The van der Waals surface area contributed by atoms with Gasteiger partial charge in [0.1, 0.15) is 0 Å². The maximum Gasteiger partial charge on any atom is 0.269 e. The topological polar surface area (TPSA) is 80.4 Å². The van der Waals surface area contributed by atoms with E-state index in [2.05, 4.69) is 15.5 Å². The van der Waals surface area contributed by atoms with Crippen LogP contribution in [-0.2, 0) is 0 Å². The third-order valence-corrected chi connectivity index (χ3v) is 4.57. The van der Waals surface area contributed by atoms with Crippen molar-refractivity contribution in [2.24, 2.45) is 5.10 Å². The highest BCUT2D eigenvalue weighted by atomic mass is 35.5. The van der Waals surface area contributed by atoms with Crippen molar-refractivity contribution in [3.63, 3.8) is 0 Å². The Morgan fingerprint density at radius 1 is 0.966 bits per heavy atom. The second kappa shape index (κ2) is 8.08. The number of hydrazone groups is 1. The Bertz CT molecular complexity index is 1210. The lowest BCUT2D eigenvalue weighted by Gasteiger charge is -2.09. The number of rotatable bonds is 5. The van der Waals surface area contributed by atoms with Crippen molar-refractivity contribution in [2.45, 2.75) is 0 Å². The number of pyridine rings is 1. The molecule has 6 nitrogen and oxygen atoms in total. The van der Waals surface area contributed by atoms with E-state index in [1.165, 1.54) is 18.3 Å². The molecule has 0 amide bonds. The molecule has 4 aromatic rings. The van der Waals surface area contributed by atoms with Crippen LogP contribution in [0.25, 0.3) is 27.9 Å². The quantitative estimate of drug-likeness (QED) is 0.193. The number of nitrogens with one attached hydrogen (secondary N) is 1. The average molecular weight is 403 g/mol. The zero-order chi connectivity index (χ0) is 20.2. The van der Waals surface area contributed by atoms with Gasteiger partial charge in [0.25, 0.3) is 5.69 Å². The van der Waals surface area contributed by atoms with Crippen LogP contribution >= 0.6 is 11.6 Å². The van der Waals surface area contributed by atoms with Crippen molar-refractivity contribution < 1.29 is 4.92 Å². The molecule has 0 bridgehead atoms. The zero-order valence-electron chi connectivity index (χ0n) is 15.1. The highest BCUT2D eigenvalue weighted by Crippen LogP contribution is 2.30. The largest absolute Gasteiger partial charge is 0.277 e. The van der Waals surface area contributed by atoms with Crippen molar-refractivity contribution in [3.8, 4) is 0 Å². The Morgan fingerprint density at radius 3 is 2.14 bits per heavy atom. The highest BCUT2D eigenvalue weighted by molar-refractivity contribution is 6.41. The SMILES string of the molecule is O=[N+]([O-])c1ccc(/C=C(Cl)/C=N/Nc2c3ccccc3nc3ccccc23)cc1. The van der Waals surface area contributed by atoms with Gasteiger partial charge in [-0.2, -0.15) is 5.10 Å². The molecule has 1 N–H and O–H groups in total. The molecule has 0 fully saturated rings. The normalized spacial score (nSPS) is 12.0. The molecule has 0 atom stereocenters. The molecule has 1 aromatic heterocycles. The standard InChI is InChI=1S/C22H15ClN4O2/c23-16(13-15-9-11-17(12-10-15)27(28)29)14-24-26-22-18-5-1-3-7-20(18)25-21-8-4-2-6-19(21)22/h1-14H,(H,25,26)/b16-13-,24-14+. The van der Waals surface area contributed by atoms with Gasteiger partial charge in [-0.15, -0.1) is 0 Å². The van der Waals surface area contributed by atoms with Gasteiger partial charge < -0.3 is 0 Å². The number of para-hydroxylation sites is 2. The fourth-order valence-corrected chi connectivity index (χ4v) is 3.18. The minimum Gasteiger partial charge on any atom is -0.277 e. The molecule has 7 heteroatoms. The number of nitrogens with zero attached hydrogens (tertiary/aromatic N) is 3. The molecule has 0 saturated heterocycles. The van der Waals surface area contributed by atoms with Gasteiger partial charge in [0.05, 0.1) is 32.9 Å². The Morgan fingerprint density at radius 2 is 1.55 bits per heavy atom. The van der Waals surface area contributed by atoms with Gasteiger partial charge in [-0.25, -0.2) is 4.98 Å². The van der Waals surface area contributed by atoms with E-state index >= 15 is 0 Å². The second-order valence-electron chi connectivity index (χ2n) is 6.27. The molecule has 0 aliphatic heterocycles. The Kier molecular flexibility index (Phi) is 5.18. The van der Waals surface area contributed by atoms with Crippen LogP contribution in [0.5, 0.6) is 0 Å². The summed E-state index contributed by atoms with van der Waals surface area (Å²) in [7, 11) is 0. The van der Waals surface area contributed by atoms with Crippen LogP contribution in [0.2, 0.25) is 0 Å². The molecule has 0 radical (unpaired) electrons. The maximum absolute atomic E-state index is 10.7. The van der Waals surface area contributed by atoms with Crippen LogP contribution in [0.3, 0.4) is 0 Å². The summed E-state index contributed by atoms with van der Waals surface area (Å²) in [6, 6.07) is 21.8. The summed E-state index contributed by atoms with van der Waals surface area (Å²) in [5.41, 5.74) is 6.45. The third kappa shape index (κ3) is 4.07. The first-order chi connectivity index (χ1) is 14.1. The molecule has 0 unspecified atom stereocenters. The lowest BCUT2D eigenvalue weighted by molar-refractivity contribution is -0.384. The number of hydrogen-bond acceptors (Lipinski definition) is 5. The van der Waals surface area contributed by atoms with Crippen LogP contribution in [0.4, 0.5) is 11.4 Å². The van der Waals surface area contributed by atoms with E-state index in [-0.39, 0.29) is 5.69 Å². The molecule has 0 aliphatic rings. The summed E-state index contributed by atoms with van der Waals surface area (Å²) in [5, 5.41) is 17.3. The molecule has 0 aliphatic carbocycles. The minimum atomic E-state index is -0.441. The lowest BCUT2D eigenvalue weighted by atomic mass is 10.1. The predicted molar refractivity (Wildman–Crippen MR) is 118 cm³/mol. The van der Waals surface area contributed by atoms with Crippen LogP contribution in [-0.4, -0.2) is 16.1 Å². The molecule has 142 valence electrons. The molecular weight excluding hydrogens is 388 g/mol. The molecular formula is C22H15ClN4O2. The van der Waals surface area contributed by atoms with Crippen LogP contribution < -0.4 is 5.43 Å². The predicted octanol–water partition coefficient (Wildman–Crippen LogP) is 5.97. The number of fused-ring (bicyclic) bond motifs is 2. The first-order valence-corrected chi connectivity index (χ1v) is 9.18. The lowest BCUT2D eigenvalue weighted by Crippen LogP contribution is -1.94. The van der Waals surface area contributed by atoms with Crippen molar-refractivity contribution >= 4 is 57.1 Å². The van der Waals surface area contributed by atoms with Gasteiger partial charge in [-0.05, 0) is 35.9 Å². The van der Waals surface area contributed by atoms with Gasteiger partial charge in [-0.3, -0.25) is 15.5 Å². The van der Waals surface area contributed by atoms with E-state index in [4.69, 9.17) is 11.6 Å². The number of allylic oxidation sites excluding steroid dienone is 1. The summed E-state index contributed by atoms with van der Waals surface area (Å²) in [6.45, 7) is 0. The Labute approximate surface area is 171 Å². The van der Waals surface area contributed by atoms with Gasteiger partial charge in [0.2, 0.25) is 0 Å². The zero-order valence-corrected chi connectivity index (χ0v) is 15.9. The summed E-state index contributed by atoms with van der Waals surface area (Å²) in [6.07, 6.45) is 3.17. The summed E-state index contributed by atoms with van der Waals surface area (Å²) < 4.78 is 0. The number of nitro benzene ring substituents is 1. The van der Waals surface area contributed by atoms with E-state index in [9.17, 15) is 10.1 Å². The van der Waals surface area contributed by atoms with Gasteiger partial charge in [0, 0.05) is 22.9 Å². The van der Waals surface area contributed by atoms with Gasteiger partial charge in [0.15, 0.2) is 0 Å². The van der Waals surface area contributed by atoms with Gasteiger partial charge >= 0.3 is 0 Å². The number of non-ortho nitro benzene ring substituents is 1. The van der Waals surface area contributed by atoms with Crippen molar-refractivity contribution in [1.29, 1.82) is 0 Å². The molecule has 0 spiro atoms. The second-order valence-corrected chi connectivity index (χ2v) is 6.71. The Balaban J connectivity index is 1.61. The van der Waals surface area contributed by atoms with Crippen molar-refractivity contribution in [3.05, 3.63) is 93.5 Å². The highest BCUT2D eigenvalue weighted by Gasteiger charge is 2.07. The summed E-state index contributed by atoms with van der Waals surface area (Å²) in [5.74, 6) is 0. The van der Waals surface area contributed by atoms with Crippen molar-refractivity contribution in [2.75, 3.05) is 5.43 Å². The van der Waals surface area contributed by atoms with E-state index in [0.717, 1.165) is 33.1 Å². The van der Waals surface area contributed by atoms with Crippen LogP contribution in [0.15, 0.2) is 82.9 Å². The van der Waals surface area contributed by atoms with Crippen molar-refractivity contribution in [1.82, 2.24) is 4.98 Å². The van der Waals surface area contributed by atoms with E-state index < -0.39 is 4.92 Å². The maximum atomic E-state index is 10.7.